The Kier molecular flexibility index (Phi) is 5.69. The topological polar surface area (TPSA) is 55.1 Å². The highest BCUT2D eigenvalue weighted by Gasteiger charge is 2.09. The summed E-state index contributed by atoms with van der Waals surface area (Å²) >= 11 is 1.35. The van der Waals surface area contributed by atoms with Gasteiger partial charge in [0.15, 0.2) is 0 Å². The SMILES string of the molecule is CCCCC(=O)NSc1ccccc1-c1ccccc1N. The van der Waals surface area contributed by atoms with Crippen molar-refractivity contribution in [3.05, 3.63) is 48.5 Å². The Hall–Kier alpha value is -1.94. The number of carbonyl (C=O) groups excluding carboxylic acids is 1. The van der Waals surface area contributed by atoms with Crippen molar-refractivity contribution in [2.75, 3.05) is 5.73 Å². The molecule has 0 saturated heterocycles. The highest BCUT2D eigenvalue weighted by molar-refractivity contribution is 7.98. The average molecular weight is 300 g/mol. The highest BCUT2D eigenvalue weighted by atomic mass is 32.2. The van der Waals surface area contributed by atoms with E-state index in [9.17, 15) is 4.79 Å². The van der Waals surface area contributed by atoms with Gasteiger partial charge in [-0.2, -0.15) is 0 Å². The summed E-state index contributed by atoms with van der Waals surface area (Å²) in [5.74, 6) is 0.0673. The first-order valence-corrected chi connectivity index (χ1v) is 7.93. The summed E-state index contributed by atoms with van der Waals surface area (Å²) in [6, 6.07) is 15.7. The Bertz CT molecular complexity index is 613. The third kappa shape index (κ3) is 4.26. The molecule has 0 aliphatic carbocycles. The third-order valence-electron chi connectivity index (χ3n) is 3.17. The van der Waals surface area contributed by atoms with E-state index in [1.54, 1.807) is 0 Å². The van der Waals surface area contributed by atoms with Crippen molar-refractivity contribution >= 4 is 23.5 Å². The van der Waals surface area contributed by atoms with Crippen LogP contribution in [0.2, 0.25) is 0 Å². The molecule has 0 bridgehead atoms. The Morgan fingerprint density at radius 1 is 1.10 bits per heavy atom. The summed E-state index contributed by atoms with van der Waals surface area (Å²) < 4.78 is 2.90. The maximum atomic E-state index is 11.7. The predicted molar refractivity (Wildman–Crippen MR) is 89.8 cm³/mol. The van der Waals surface area contributed by atoms with Gasteiger partial charge in [0, 0.05) is 22.6 Å². The van der Waals surface area contributed by atoms with E-state index >= 15 is 0 Å². The lowest BCUT2D eigenvalue weighted by Crippen LogP contribution is -2.14. The van der Waals surface area contributed by atoms with Gasteiger partial charge in [0.25, 0.3) is 0 Å². The van der Waals surface area contributed by atoms with Crippen LogP contribution in [-0.2, 0) is 4.79 Å². The van der Waals surface area contributed by atoms with Crippen LogP contribution < -0.4 is 10.5 Å². The molecule has 2 aromatic rings. The second-order valence-corrected chi connectivity index (χ2v) is 5.66. The molecular formula is C17H20N2OS. The number of nitrogens with one attached hydrogen (secondary N) is 1. The molecule has 1 amide bonds. The molecule has 3 N–H and O–H groups in total. The molecule has 0 atom stereocenters. The number of amides is 1. The molecule has 0 unspecified atom stereocenters. The van der Waals surface area contributed by atoms with Crippen LogP contribution in [0.1, 0.15) is 26.2 Å². The van der Waals surface area contributed by atoms with E-state index in [0.29, 0.717) is 6.42 Å². The number of nitrogen functional groups attached to an aromatic ring is 1. The fraction of sp³-hybridized carbons (Fsp3) is 0.235. The van der Waals surface area contributed by atoms with Crippen molar-refractivity contribution < 1.29 is 4.79 Å². The summed E-state index contributed by atoms with van der Waals surface area (Å²) in [6.07, 6.45) is 2.51. The highest BCUT2D eigenvalue weighted by Crippen LogP contribution is 2.33. The number of benzene rings is 2. The monoisotopic (exact) mass is 300 g/mol. The molecule has 110 valence electrons. The standard InChI is InChI=1S/C17H20N2OS/c1-2-3-12-17(20)19-21-16-11-7-5-9-14(16)13-8-4-6-10-15(13)18/h4-11H,2-3,12,18H2,1H3,(H,19,20). The Morgan fingerprint density at radius 3 is 2.48 bits per heavy atom. The van der Waals surface area contributed by atoms with E-state index in [-0.39, 0.29) is 5.91 Å². The van der Waals surface area contributed by atoms with Crippen molar-refractivity contribution in [2.45, 2.75) is 31.1 Å². The average Bonchev–Trinajstić information content (AvgIpc) is 2.52. The Balaban J connectivity index is 2.15. The molecule has 0 radical (unpaired) electrons. The largest absolute Gasteiger partial charge is 0.398 e. The van der Waals surface area contributed by atoms with E-state index < -0.39 is 0 Å². The van der Waals surface area contributed by atoms with E-state index in [1.165, 1.54) is 11.9 Å². The normalized spacial score (nSPS) is 10.3. The smallest absolute Gasteiger partial charge is 0.230 e. The fourth-order valence-corrected chi connectivity index (χ4v) is 2.78. The van der Waals surface area contributed by atoms with Gasteiger partial charge >= 0.3 is 0 Å². The van der Waals surface area contributed by atoms with E-state index in [2.05, 4.69) is 11.6 Å². The second kappa shape index (κ2) is 7.74. The lowest BCUT2D eigenvalue weighted by atomic mass is 10.0. The zero-order valence-corrected chi connectivity index (χ0v) is 13.0. The molecule has 3 nitrogen and oxygen atoms in total. The van der Waals surface area contributed by atoms with Crippen LogP contribution >= 0.6 is 11.9 Å². The third-order valence-corrected chi connectivity index (χ3v) is 4.08. The maximum Gasteiger partial charge on any atom is 0.230 e. The molecule has 0 spiro atoms. The molecule has 0 aliphatic heterocycles. The lowest BCUT2D eigenvalue weighted by Gasteiger charge is -2.11. The van der Waals surface area contributed by atoms with Crippen LogP contribution in [-0.4, -0.2) is 5.91 Å². The van der Waals surface area contributed by atoms with E-state index in [1.807, 2.05) is 48.5 Å². The minimum Gasteiger partial charge on any atom is -0.398 e. The van der Waals surface area contributed by atoms with Crippen molar-refractivity contribution in [3.63, 3.8) is 0 Å². The number of nitrogens with two attached hydrogens (primary N) is 1. The van der Waals surface area contributed by atoms with Gasteiger partial charge in [-0.1, -0.05) is 49.7 Å². The molecule has 2 rings (SSSR count). The van der Waals surface area contributed by atoms with Gasteiger partial charge in [-0.25, -0.2) is 0 Å². The first kappa shape index (κ1) is 15.4. The summed E-state index contributed by atoms with van der Waals surface area (Å²) in [7, 11) is 0. The van der Waals surface area contributed by atoms with Crippen LogP contribution in [0.5, 0.6) is 0 Å². The summed E-state index contributed by atoms with van der Waals surface area (Å²) in [5.41, 5.74) is 8.81. The van der Waals surface area contributed by atoms with Gasteiger partial charge in [-0.05, 0) is 36.1 Å². The minimum absolute atomic E-state index is 0.0673. The van der Waals surface area contributed by atoms with E-state index in [0.717, 1.165) is 34.6 Å². The quantitative estimate of drug-likeness (QED) is 0.619. The first-order chi connectivity index (χ1) is 10.2. The zero-order valence-electron chi connectivity index (χ0n) is 12.1. The summed E-state index contributed by atoms with van der Waals surface area (Å²) in [6.45, 7) is 2.08. The number of carbonyl (C=O) groups is 1. The minimum atomic E-state index is 0.0673. The Labute approximate surface area is 130 Å². The fourth-order valence-electron chi connectivity index (χ4n) is 2.02. The Morgan fingerprint density at radius 2 is 1.76 bits per heavy atom. The number of hydrogen-bond acceptors (Lipinski definition) is 3. The molecule has 0 aromatic heterocycles. The van der Waals surface area contributed by atoms with Gasteiger partial charge in [0.2, 0.25) is 5.91 Å². The van der Waals surface area contributed by atoms with Gasteiger partial charge in [-0.15, -0.1) is 0 Å². The van der Waals surface area contributed by atoms with Crippen LogP contribution in [0.3, 0.4) is 0 Å². The van der Waals surface area contributed by atoms with Crippen molar-refractivity contribution in [1.29, 1.82) is 0 Å². The number of hydrogen-bond donors (Lipinski definition) is 2. The summed E-state index contributed by atoms with van der Waals surface area (Å²) in [4.78, 5) is 12.7. The van der Waals surface area contributed by atoms with Gasteiger partial charge in [-0.3, -0.25) is 9.52 Å². The molecule has 0 aliphatic rings. The van der Waals surface area contributed by atoms with Gasteiger partial charge in [0.1, 0.15) is 0 Å². The van der Waals surface area contributed by atoms with Crippen LogP contribution in [0.15, 0.2) is 53.4 Å². The van der Waals surface area contributed by atoms with E-state index in [4.69, 9.17) is 5.73 Å². The predicted octanol–water partition coefficient (Wildman–Crippen LogP) is 4.25. The zero-order chi connectivity index (χ0) is 15.1. The molecule has 0 fully saturated rings. The number of rotatable bonds is 6. The number of anilines is 1. The number of unbranched alkanes of at least 4 members (excludes halogenated alkanes) is 1. The van der Waals surface area contributed by atoms with Gasteiger partial charge in [0.05, 0.1) is 0 Å². The van der Waals surface area contributed by atoms with Crippen LogP contribution in [0, 0.1) is 0 Å². The maximum absolute atomic E-state index is 11.7. The van der Waals surface area contributed by atoms with Crippen LogP contribution in [0.4, 0.5) is 5.69 Å². The van der Waals surface area contributed by atoms with Gasteiger partial charge < -0.3 is 5.73 Å². The van der Waals surface area contributed by atoms with Crippen molar-refractivity contribution in [2.24, 2.45) is 0 Å². The molecular weight excluding hydrogens is 280 g/mol. The molecule has 21 heavy (non-hydrogen) atoms. The van der Waals surface area contributed by atoms with Crippen LogP contribution in [0.25, 0.3) is 11.1 Å². The van der Waals surface area contributed by atoms with Crippen molar-refractivity contribution in [3.8, 4) is 11.1 Å². The number of para-hydroxylation sites is 1. The molecule has 2 aromatic carbocycles. The first-order valence-electron chi connectivity index (χ1n) is 7.12. The molecule has 0 heterocycles. The lowest BCUT2D eigenvalue weighted by molar-refractivity contribution is -0.119. The molecule has 0 saturated carbocycles. The second-order valence-electron chi connectivity index (χ2n) is 4.81. The van der Waals surface area contributed by atoms with Crippen molar-refractivity contribution in [1.82, 2.24) is 4.72 Å². The summed E-state index contributed by atoms with van der Waals surface area (Å²) in [5, 5.41) is 0. The molecule has 4 heteroatoms.